The minimum Gasteiger partial charge on any atom is -0.300 e. The zero-order valence-electron chi connectivity index (χ0n) is 9.36. The molecule has 0 radical (unpaired) electrons. The van der Waals surface area contributed by atoms with Gasteiger partial charge in [0, 0.05) is 18.9 Å². The van der Waals surface area contributed by atoms with Crippen LogP contribution in [0.1, 0.15) is 12.5 Å². The first kappa shape index (κ1) is 11.9. The second kappa shape index (κ2) is 4.75. The van der Waals surface area contributed by atoms with E-state index in [4.69, 9.17) is 11.6 Å². The van der Waals surface area contributed by atoms with Crippen LogP contribution in [-0.4, -0.2) is 9.13 Å². The van der Waals surface area contributed by atoms with Gasteiger partial charge in [-0.15, -0.1) is 0 Å². The summed E-state index contributed by atoms with van der Waals surface area (Å²) in [6, 6.07) is 4.59. The SMILES string of the molecule is CCn1ccn(Cc2cccc(F)c2Cl)c1=O. The van der Waals surface area contributed by atoms with Crippen LogP contribution in [0.25, 0.3) is 0 Å². The van der Waals surface area contributed by atoms with E-state index >= 15 is 0 Å². The van der Waals surface area contributed by atoms with Crippen molar-refractivity contribution in [3.63, 3.8) is 0 Å². The van der Waals surface area contributed by atoms with E-state index in [9.17, 15) is 9.18 Å². The molecule has 0 saturated heterocycles. The Morgan fingerprint density at radius 3 is 2.65 bits per heavy atom. The molecule has 0 fully saturated rings. The van der Waals surface area contributed by atoms with E-state index in [0.717, 1.165) is 0 Å². The van der Waals surface area contributed by atoms with E-state index in [0.29, 0.717) is 12.1 Å². The first-order valence-electron chi connectivity index (χ1n) is 5.32. The van der Waals surface area contributed by atoms with Crippen LogP contribution in [0.15, 0.2) is 35.4 Å². The normalized spacial score (nSPS) is 10.8. The highest BCUT2D eigenvalue weighted by molar-refractivity contribution is 6.31. The first-order valence-corrected chi connectivity index (χ1v) is 5.69. The zero-order valence-corrected chi connectivity index (χ0v) is 10.1. The Bertz CT molecular complexity index is 588. The van der Waals surface area contributed by atoms with Gasteiger partial charge in [0.15, 0.2) is 0 Å². The summed E-state index contributed by atoms with van der Waals surface area (Å²) in [7, 11) is 0. The number of benzene rings is 1. The number of imidazole rings is 1. The summed E-state index contributed by atoms with van der Waals surface area (Å²) < 4.78 is 16.3. The molecule has 0 bridgehead atoms. The Kier molecular flexibility index (Phi) is 3.33. The summed E-state index contributed by atoms with van der Waals surface area (Å²) in [5, 5.41) is 0.0728. The summed E-state index contributed by atoms with van der Waals surface area (Å²) in [5.74, 6) is -0.466. The molecule has 0 amide bonds. The van der Waals surface area contributed by atoms with Crippen LogP contribution >= 0.6 is 11.6 Å². The van der Waals surface area contributed by atoms with Crippen molar-refractivity contribution in [2.24, 2.45) is 0 Å². The molecule has 2 rings (SSSR count). The van der Waals surface area contributed by atoms with Gasteiger partial charge in [0.05, 0.1) is 11.6 Å². The molecule has 5 heteroatoms. The van der Waals surface area contributed by atoms with Crippen LogP contribution in [0.2, 0.25) is 5.02 Å². The van der Waals surface area contributed by atoms with Crippen LogP contribution in [0.4, 0.5) is 4.39 Å². The lowest BCUT2D eigenvalue weighted by molar-refractivity contribution is 0.621. The molecule has 0 aliphatic carbocycles. The standard InChI is InChI=1S/C12H12ClFN2O/c1-2-15-6-7-16(12(15)17)8-9-4-3-5-10(14)11(9)13/h3-7H,2,8H2,1H3. The van der Waals surface area contributed by atoms with Gasteiger partial charge in [-0.05, 0) is 18.6 Å². The molecule has 1 heterocycles. The average molecular weight is 255 g/mol. The third-order valence-corrected chi connectivity index (χ3v) is 3.05. The number of hydrogen-bond acceptors (Lipinski definition) is 1. The predicted octanol–water partition coefficient (Wildman–Crippen LogP) is 2.51. The van der Waals surface area contributed by atoms with E-state index in [1.807, 2.05) is 6.92 Å². The highest BCUT2D eigenvalue weighted by atomic mass is 35.5. The highest BCUT2D eigenvalue weighted by Gasteiger charge is 2.08. The molecule has 90 valence electrons. The van der Waals surface area contributed by atoms with Crippen LogP contribution in [0, 0.1) is 5.82 Å². The van der Waals surface area contributed by atoms with Gasteiger partial charge in [-0.1, -0.05) is 23.7 Å². The third kappa shape index (κ3) is 2.26. The second-order valence-corrected chi connectivity index (χ2v) is 4.09. The summed E-state index contributed by atoms with van der Waals surface area (Å²) >= 11 is 5.84. The van der Waals surface area contributed by atoms with E-state index in [2.05, 4.69) is 0 Å². The minimum absolute atomic E-state index is 0.0728. The lowest BCUT2D eigenvalue weighted by Crippen LogP contribution is -2.23. The first-order chi connectivity index (χ1) is 8.13. The van der Waals surface area contributed by atoms with E-state index in [1.54, 1.807) is 29.1 Å². The predicted molar refractivity (Wildman–Crippen MR) is 64.9 cm³/mol. The fraction of sp³-hybridized carbons (Fsp3) is 0.250. The molecule has 0 unspecified atom stereocenters. The molecule has 0 saturated carbocycles. The van der Waals surface area contributed by atoms with Crippen LogP contribution < -0.4 is 5.69 Å². The lowest BCUT2D eigenvalue weighted by atomic mass is 10.2. The molecule has 0 aliphatic rings. The number of hydrogen-bond donors (Lipinski definition) is 0. The van der Waals surface area contributed by atoms with Crippen molar-refractivity contribution in [2.45, 2.75) is 20.0 Å². The summed E-state index contributed by atoms with van der Waals surface area (Å²) in [6.45, 7) is 2.78. The van der Waals surface area contributed by atoms with Gasteiger partial charge in [-0.25, -0.2) is 9.18 Å². The monoisotopic (exact) mass is 254 g/mol. The fourth-order valence-corrected chi connectivity index (χ4v) is 1.85. The Balaban J connectivity index is 2.35. The van der Waals surface area contributed by atoms with Crippen molar-refractivity contribution in [3.8, 4) is 0 Å². The van der Waals surface area contributed by atoms with Crippen molar-refractivity contribution >= 4 is 11.6 Å². The number of nitrogens with zero attached hydrogens (tertiary/aromatic N) is 2. The Morgan fingerprint density at radius 1 is 1.29 bits per heavy atom. The molecule has 0 spiro atoms. The van der Waals surface area contributed by atoms with Crippen molar-refractivity contribution in [1.82, 2.24) is 9.13 Å². The van der Waals surface area contributed by atoms with E-state index in [-0.39, 0.29) is 17.3 Å². The van der Waals surface area contributed by atoms with Crippen LogP contribution in [0.3, 0.4) is 0 Å². The summed E-state index contributed by atoms with van der Waals surface area (Å²) in [6.07, 6.45) is 3.38. The van der Waals surface area contributed by atoms with Crippen molar-refractivity contribution in [3.05, 3.63) is 57.5 Å². The van der Waals surface area contributed by atoms with Crippen molar-refractivity contribution < 1.29 is 4.39 Å². The highest BCUT2D eigenvalue weighted by Crippen LogP contribution is 2.19. The fourth-order valence-electron chi connectivity index (χ4n) is 1.67. The number of rotatable bonds is 3. The van der Waals surface area contributed by atoms with Crippen molar-refractivity contribution in [2.75, 3.05) is 0 Å². The van der Waals surface area contributed by atoms with Gasteiger partial charge in [0.2, 0.25) is 0 Å². The average Bonchev–Trinajstić information content (AvgIpc) is 2.66. The molecule has 2 aromatic rings. The Labute approximate surface area is 103 Å². The molecular weight excluding hydrogens is 243 g/mol. The third-order valence-electron chi connectivity index (χ3n) is 2.63. The maximum absolute atomic E-state index is 13.2. The molecule has 3 nitrogen and oxygen atoms in total. The van der Waals surface area contributed by atoms with Gasteiger partial charge in [-0.2, -0.15) is 0 Å². The number of aromatic nitrogens is 2. The summed E-state index contributed by atoms with van der Waals surface area (Å²) in [5.41, 5.74) is 0.482. The molecule has 1 aromatic carbocycles. The second-order valence-electron chi connectivity index (χ2n) is 3.71. The van der Waals surface area contributed by atoms with Crippen LogP contribution in [0.5, 0.6) is 0 Å². The zero-order chi connectivity index (χ0) is 12.4. The smallest absolute Gasteiger partial charge is 0.300 e. The molecule has 17 heavy (non-hydrogen) atoms. The van der Waals surface area contributed by atoms with Gasteiger partial charge >= 0.3 is 5.69 Å². The van der Waals surface area contributed by atoms with E-state index in [1.165, 1.54) is 10.6 Å². The maximum Gasteiger partial charge on any atom is 0.328 e. The van der Waals surface area contributed by atoms with Gasteiger partial charge in [0.25, 0.3) is 0 Å². The quantitative estimate of drug-likeness (QED) is 0.827. The van der Waals surface area contributed by atoms with Crippen molar-refractivity contribution in [1.29, 1.82) is 0 Å². The molecule has 1 aromatic heterocycles. The number of aryl methyl sites for hydroxylation is 1. The van der Waals surface area contributed by atoms with Gasteiger partial charge in [-0.3, -0.25) is 9.13 Å². The Hall–Kier alpha value is -1.55. The molecule has 0 N–H and O–H groups in total. The summed E-state index contributed by atoms with van der Waals surface area (Å²) in [4.78, 5) is 11.8. The van der Waals surface area contributed by atoms with Gasteiger partial charge < -0.3 is 0 Å². The minimum atomic E-state index is -0.466. The lowest BCUT2D eigenvalue weighted by Gasteiger charge is -2.05. The largest absolute Gasteiger partial charge is 0.328 e. The van der Waals surface area contributed by atoms with Gasteiger partial charge in [0.1, 0.15) is 5.82 Å². The topological polar surface area (TPSA) is 26.9 Å². The molecule has 0 atom stereocenters. The molecule has 0 aliphatic heterocycles. The van der Waals surface area contributed by atoms with Crippen LogP contribution in [-0.2, 0) is 13.1 Å². The maximum atomic E-state index is 13.2. The molecular formula is C12H12ClFN2O. The Morgan fingerprint density at radius 2 is 2.00 bits per heavy atom. The number of halogens is 2. The van der Waals surface area contributed by atoms with E-state index < -0.39 is 5.82 Å².